The molecule has 0 aromatic heterocycles. The lowest BCUT2D eigenvalue weighted by atomic mass is 9.98. The van der Waals surface area contributed by atoms with Crippen LogP contribution in [0.25, 0.3) is 0 Å². The van der Waals surface area contributed by atoms with Gasteiger partial charge < -0.3 is 10.2 Å². The number of aryl methyl sites for hydroxylation is 2. The van der Waals surface area contributed by atoms with Crippen molar-refractivity contribution in [3.05, 3.63) is 64.7 Å². The van der Waals surface area contributed by atoms with Crippen LogP contribution >= 0.6 is 11.6 Å². The zero-order chi connectivity index (χ0) is 21.4. The lowest BCUT2D eigenvalue weighted by molar-refractivity contribution is -0.122. The molecule has 0 aliphatic carbocycles. The van der Waals surface area contributed by atoms with Gasteiger partial charge in [-0.05, 0) is 42.9 Å². The molecule has 1 N–H and O–H groups in total. The highest BCUT2D eigenvalue weighted by Gasteiger charge is 2.34. The number of nitrogens with one attached hydrogen (secondary N) is 1. The fourth-order valence-corrected chi connectivity index (χ4v) is 3.74. The minimum atomic E-state index is -0.116. The second-order valence-electron chi connectivity index (χ2n) is 8.49. The first-order chi connectivity index (χ1) is 13.8. The molecule has 3 nitrogen and oxygen atoms in total. The van der Waals surface area contributed by atoms with Crippen LogP contribution in [0.2, 0.25) is 0 Å². The standard InChI is InChI=1S/C21H25ClN2O.C4H10/c1-15-6-3-8-17(12-15)13-23-21(25)19-14-24(11-5-10-22)20-16(2)7-4-9-18(19)20;1-4(2)3/h3-4,6-9,12,19H,5,10-11,13-14H2,1-2H3,(H,23,25);4H,1-3H3. The van der Waals surface area contributed by atoms with Gasteiger partial charge in [0.15, 0.2) is 0 Å². The third-order valence-electron chi connectivity index (χ3n) is 4.79. The topological polar surface area (TPSA) is 32.3 Å². The molecular formula is C25H35ClN2O. The average Bonchev–Trinajstić information content (AvgIpc) is 3.04. The molecule has 0 spiro atoms. The van der Waals surface area contributed by atoms with E-state index < -0.39 is 0 Å². The summed E-state index contributed by atoms with van der Waals surface area (Å²) in [6, 6.07) is 14.5. The van der Waals surface area contributed by atoms with Crippen molar-refractivity contribution in [2.45, 2.75) is 53.5 Å². The second kappa shape index (κ2) is 11.3. The number of fused-ring (bicyclic) bond motifs is 1. The molecule has 1 aliphatic rings. The summed E-state index contributed by atoms with van der Waals surface area (Å²) in [5.41, 5.74) is 5.91. The number of carbonyl (C=O) groups is 1. The van der Waals surface area contributed by atoms with Gasteiger partial charge in [0.2, 0.25) is 5.91 Å². The summed E-state index contributed by atoms with van der Waals surface area (Å²) >= 11 is 5.87. The lowest BCUT2D eigenvalue weighted by Crippen LogP contribution is -2.33. The monoisotopic (exact) mass is 414 g/mol. The largest absolute Gasteiger partial charge is 0.370 e. The Kier molecular flexibility index (Phi) is 9.03. The Hall–Kier alpha value is -2.00. The maximum atomic E-state index is 12.8. The van der Waals surface area contributed by atoms with E-state index in [0.29, 0.717) is 12.4 Å². The zero-order valence-corrected chi connectivity index (χ0v) is 19.2. The molecule has 1 aliphatic heterocycles. The molecule has 158 valence electrons. The van der Waals surface area contributed by atoms with E-state index in [1.807, 2.05) is 18.2 Å². The summed E-state index contributed by atoms with van der Waals surface area (Å²) in [6.45, 7) is 12.9. The van der Waals surface area contributed by atoms with Crippen molar-refractivity contribution in [3.8, 4) is 0 Å². The zero-order valence-electron chi connectivity index (χ0n) is 18.5. The van der Waals surface area contributed by atoms with Crippen molar-refractivity contribution in [2.24, 2.45) is 5.92 Å². The van der Waals surface area contributed by atoms with Crippen molar-refractivity contribution in [3.63, 3.8) is 0 Å². The first kappa shape index (κ1) is 23.3. The van der Waals surface area contributed by atoms with Gasteiger partial charge >= 0.3 is 0 Å². The van der Waals surface area contributed by atoms with Crippen LogP contribution in [-0.2, 0) is 11.3 Å². The summed E-state index contributed by atoms with van der Waals surface area (Å²) in [7, 11) is 0. The van der Waals surface area contributed by atoms with Crippen molar-refractivity contribution < 1.29 is 4.79 Å². The summed E-state index contributed by atoms with van der Waals surface area (Å²) in [5, 5.41) is 3.11. The summed E-state index contributed by atoms with van der Waals surface area (Å²) < 4.78 is 0. The Morgan fingerprint density at radius 1 is 1.17 bits per heavy atom. The van der Waals surface area contributed by atoms with E-state index in [4.69, 9.17) is 11.6 Å². The molecule has 29 heavy (non-hydrogen) atoms. The highest BCUT2D eigenvalue weighted by Crippen LogP contribution is 2.38. The minimum absolute atomic E-state index is 0.0988. The van der Waals surface area contributed by atoms with Crippen LogP contribution in [0.15, 0.2) is 42.5 Å². The van der Waals surface area contributed by atoms with Crippen LogP contribution in [0.1, 0.15) is 55.4 Å². The van der Waals surface area contributed by atoms with Gasteiger partial charge in [-0.3, -0.25) is 4.79 Å². The van der Waals surface area contributed by atoms with Gasteiger partial charge in [-0.1, -0.05) is 68.8 Å². The molecule has 1 amide bonds. The Labute approximate surface area is 181 Å². The molecular weight excluding hydrogens is 380 g/mol. The van der Waals surface area contributed by atoms with Gasteiger partial charge in [0.1, 0.15) is 0 Å². The number of alkyl halides is 1. The summed E-state index contributed by atoms with van der Waals surface area (Å²) in [5.74, 6) is 1.46. The number of anilines is 1. The molecule has 0 fully saturated rings. The Morgan fingerprint density at radius 3 is 2.52 bits per heavy atom. The van der Waals surface area contributed by atoms with Gasteiger partial charge in [-0.25, -0.2) is 0 Å². The molecule has 3 rings (SSSR count). The molecule has 0 saturated carbocycles. The third-order valence-corrected chi connectivity index (χ3v) is 5.06. The quantitative estimate of drug-likeness (QED) is 0.604. The molecule has 0 bridgehead atoms. The van der Waals surface area contributed by atoms with Crippen LogP contribution in [-0.4, -0.2) is 24.9 Å². The van der Waals surface area contributed by atoms with E-state index in [2.05, 4.69) is 69.1 Å². The molecule has 2 aromatic rings. The van der Waals surface area contributed by atoms with E-state index >= 15 is 0 Å². The normalized spacial score (nSPS) is 15.0. The van der Waals surface area contributed by atoms with Gasteiger partial charge in [0, 0.05) is 31.2 Å². The number of benzene rings is 2. The Balaban J connectivity index is 0.000000687. The van der Waals surface area contributed by atoms with E-state index in [1.165, 1.54) is 16.8 Å². The SMILES string of the molecule is CC(C)C.Cc1cccc(CNC(=O)C2CN(CCCCl)c3c(C)cccc32)c1. The van der Waals surface area contributed by atoms with Crippen LogP contribution in [0, 0.1) is 19.8 Å². The first-order valence-electron chi connectivity index (χ1n) is 10.6. The predicted octanol–water partition coefficient (Wildman–Crippen LogP) is 5.81. The molecule has 1 unspecified atom stereocenters. The highest BCUT2D eigenvalue weighted by atomic mass is 35.5. The van der Waals surface area contributed by atoms with Crippen LogP contribution in [0.4, 0.5) is 5.69 Å². The van der Waals surface area contributed by atoms with Crippen LogP contribution in [0.3, 0.4) is 0 Å². The fourth-order valence-electron chi connectivity index (χ4n) is 3.62. The van der Waals surface area contributed by atoms with Gasteiger partial charge in [-0.15, -0.1) is 11.6 Å². The maximum absolute atomic E-state index is 12.8. The van der Waals surface area contributed by atoms with Crippen molar-refractivity contribution in [1.29, 1.82) is 0 Å². The number of rotatable bonds is 6. The second-order valence-corrected chi connectivity index (χ2v) is 8.87. The van der Waals surface area contributed by atoms with Gasteiger partial charge in [0.25, 0.3) is 0 Å². The number of hydrogen-bond donors (Lipinski definition) is 1. The lowest BCUT2D eigenvalue weighted by Gasteiger charge is -2.20. The molecule has 1 atom stereocenters. The number of hydrogen-bond acceptors (Lipinski definition) is 2. The van der Waals surface area contributed by atoms with Crippen LogP contribution in [0.5, 0.6) is 0 Å². The molecule has 1 heterocycles. The molecule has 4 heteroatoms. The van der Waals surface area contributed by atoms with Crippen LogP contribution < -0.4 is 10.2 Å². The van der Waals surface area contributed by atoms with Crippen molar-refractivity contribution in [1.82, 2.24) is 5.32 Å². The predicted molar refractivity (Wildman–Crippen MR) is 125 cm³/mol. The van der Waals surface area contributed by atoms with Crippen molar-refractivity contribution >= 4 is 23.2 Å². The summed E-state index contributed by atoms with van der Waals surface area (Å²) in [6.07, 6.45) is 0.924. The maximum Gasteiger partial charge on any atom is 0.229 e. The highest BCUT2D eigenvalue weighted by molar-refractivity contribution is 6.17. The molecule has 0 saturated heterocycles. The Morgan fingerprint density at radius 2 is 1.86 bits per heavy atom. The van der Waals surface area contributed by atoms with Gasteiger partial charge in [0.05, 0.1) is 5.92 Å². The van der Waals surface area contributed by atoms with Crippen molar-refractivity contribution in [2.75, 3.05) is 23.9 Å². The molecule has 2 aromatic carbocycles. The number of para-hydroxylation sites is 1. The van der Waals surface area contributed by atoms with E-state index in [9.17, 15) is 4.79 Å². The first-order valence-corrected chi connectivity index (χ1v) is 11.1. The van der Waals surface area contributed by atoms with E-state index in [1.54, 1.807) is 0 Å². The molecule has 0 radical (unpaired) electrons. The third kappa shape index (κ3) is 6.78. The average molecular weight is 415 g/mol. The minimum Gasteiger partial charge on any atom is -0.370 e. The number of nitrogens with zero attached hydrogens (tertiary/aromatic N) is 1. The number of halogens is 1. The van der Waals surface area contributed by atoms with E-state index in [0.717, 1.165) is 36.6 Å². The smallest absolute Gasteiger partial charge is 0.229 e. The summed E-state index contributed by atoms with van der Waals surface area (Å²) in [4.78, 5) is 15.1. The Bertz CT molecular complexity index is 800. The van der Waals surface area contributed by atoms with Gasteiger partial charge in [-0.2, -0.15) is 0 Å². The number of carbonyl (C=O) groups excluding carboxylic acids is 1. The van der Waals surface area contributed by atoms with E-state index in [-0.39, 0.29) is 11.8 Å². The fraction of sp³-hybridized carbons (Fsp3) is 0.480. The number of amides is 1.